The van der Waals surface area contributed by atoms with E-state index in [1.165, 1.54) is 0 Å². The van der Waals surface area contributed by atoms with E-state index in [-0.39, 0.29) is 12.2 Å². The summed E-state index contributed by atoms with van der Waals surface area (Å²) >= 11 is 3.94. The zero-order valence-electron chi connectivity index (χ0n) is 13.7. The van der Waals surface area contributed by atoms with Crippen LogP contribution in [0.2, 0.25) is 0 Å². The van der Waals surface area contributed by atoms with Gasteiger partial charge in [-0.05, 0) is 45.2 Å². The molecule has 140 valence electrons. The quantitative estimate of drug-likeness (QED) is 0.149. The fourth-order valence-corrected chi connectivity index (χ4v) is 2.14. The van der Waals surface area contributed by atoms with Gasteiger partial charge < -0.3 is 32.9 Å². The summed E-state index contributed by atoms with van der Waals surface area (Å²) in [5, 5.41) is 14.2. The molecule has 2 amide bonds. The molecule has 0 rings (SSSR count). The number of nitrogens with two attached hydrogens (primary N) is 3. The van der Waals surface area contributed by atoms with Crippen molar-refractivity contribution >= 4 is 30.4 Å². The van der Waals surface area contributed by atoms with Gasteiger partial charge in [-0.3, -0.25) is 9.59 Å². The summed E-state index contributed by atoms with van der Waals surface area (Å²) in [5.41, 5.74) is 16.4. The second-order valence-corrected chi connectivity index (χ2v) is 5.83. The van der Waals surface area contributed by atoms with Crippen LogP contribution in [-0.2, 0) is 14.4 Å². The molecule has 0 aromatic rings. The third-order valence-corrected chi connectivity index (χ3v) is 3.82. The minimum atomic E-state index is -1.13. The van der Waals surface area contributed by atoms with E-state index in [1.807, 2.05) is 0 Å². The number of amides is 2. The van der Waals surface area contributed by atoms with Crippen molar-refractivity contribution in [1.82, 2.24) is 10.6 Å². The molecule has 0 aliphatic carbocycles. The van der Waals surface area contributed by atoms with Crippen LogP contribution in [0.15, 0.2) is 0 Å². The van der Waals surface area contributed by atoms with E-state index in [0.29, 0.717) is 38.8 Å². The van der Waals surface area contributed by atoms with Crippen LogP contribution in [0.25, 0.3) is 0 Å². The zero-order chi connectivity index (χ0) is 18.5. The van der Waals surface area contributed by atoms with Gasteiger partial charge in [0, 0.05) is 5.75 Å². The third kappa shape index (κ3) is 9.06. The first-order chi connectivity index (χ1) is 11.4. The van der Waals surface area contributed by atoms with Gasteiger partial charge in [0.1, 0.15) is 12.1 Å². The predicted molar refractivity (Wildman–Crippen MR) is 94.5 cm³/mol. The highest BCUT2D eigenvalue weighted by atomic mass is 32.1. The average molecular weight is 363 g/mol. The van der Waals surface area contributed by atoms with E-state index in [1.54, 1.807) is 0 Å². The van der Waals surface area contributed by atoms with Crippen molar-refractivity contribution in [3.63, 3.8) is 0 Å². The summed E-state index contributed by atoms with van der Waals surface area (Å²) in [6.45, 7) is 0.800. The van der Waals surface area contributed by atoms with E-state index in [2.05, 4.69) is 23.3 Å². The number of hydrogen-bond acceptors (Lipinski definition) is 7. The van der Waals surface area contributed by atoms with Crippen molar-refractivity contribution in [3.8, 4) is 0 Å². The Balaban J connectivity index is 4.81. The Kier molecular flexibility index (Phi) is 12.3. The molecule has 0 aromatic carbocycles. The van der Waals surface area contributed by atoms with E-state index in [4.69, 9.17) is 17.2 Å². The minimum absolute atomic E-state index is 0.133. The Morgan fingerprint density at radius 2 is 1.46 bits per heavy atom. The first-order valence-corrected chi connectivity index (χ1v) is 8.60. The standard InChI is InChI=1S/C14H29N5O4S/c15-6-2-1-4-11(14(22)23)19-13(21)10(5-3-7-16)18-12(20)9(17)8-24/h9-11,24H,1-8,15-17H2,(H,18,20)(H,19,21)(H,22,23)/t9-,10-,11-/m0/s1. The smallest absolute Gasteiger partial charge is 0.326 e. The van der Waals surface area contributed by atoms with Crippen molar-refractivity contribution < 1.29 is 19.5 Å². The highest BCUT2D eigenvalue weighted by Crippen LogP contribution is 2.04. The Morgan fingerprint density at radius 3 is 1.96 bits per heavy atom. The van der Waals surface area contributed by atoms with Crippen LogP contribution in [0.4, 0.5) is 0 Å². The van der Waals surface area contributed by atoms with Crippen LogP contribution >= 0.6 is 12.6 Å². The van der Waals surface area contributed by atoms with Gasteiger partial charge in [-0.25, -0.2) is 4.79 Å². The fraction of sp³-hybridized carbons (Fsp3) is 0.786. The molecule has 0 aliphatic rings. The lowest BCUT2D eigenvalue weighted by Gasteiger charge is -2.22. The normalized spacial score (nSPS) is 14.5. The van der Waals surface area contributed by atoms with Gasteiger partial charge in [-0.2, -0.15) is 12.6 Å². The van der Waals surface area contributed by atoms with E-state index >= 15 is 0 Å². The molecule has 0 aromatic heterocycles. The van der Waals surface area contributed by atoms with E-state index < -0.39 is 35.9 Å². The SMILES string of the molecule is NCCCC[C@H](NC(=O)[C@H](CCCN)NC(=O)[C@@H](N)CS)C(=O)O. The predicted octanol–water partition coefficient (Wildman–Crippen LogP) is -1.83. The lowest BCUT2D eigenvalue weighted by molar-refractivity contribution is -0.142. The molecule has 0 bridgehead atoms. The molecule has 9 N–H and O–H groups in total. The monoisotopic (exact) mass is 363 g/mol. The number of rotatable bonds is 13. The van der Waals surface area contributed by atoms with Crippen molar-refractivity contribution in [2.24, 2.45) is 17.2 Å². The van der Waals surface area contributed by atoms with Crippen LogP contribution in [0, 0.1) is 0 Å². The van der Waals surface area contributed by atoms with Crippen LogP contribution in [-0.4, -0.2) is 59.9 Å². The minimum Gasteiger partial charge on any atom is -0.480 e. The van der Waals surface area contributed by atoms with Gasteiger partial charge in [0.25, 0.3) is 0 Å². The van der Waals surface area contributed by atoms with Crippen molar-refractivity contribution in [2.45, 2.75) is 50.2 Å². The molecule has 0 fully saturated rings. The van der Waals surface area contributed by atoms with E-state index in [9.17, 15) is 19.5 Å². The number of thiol groups is 1. The van der Waals surface area contributed by atoms with Crippen molar-refractivity contribution in [3.05, 3.63) is 0 Å². The molecular formula is C14H29N5O4S. The highest BCUT2D eigenvalue weighted by Gasteiger charge is 2.27. The molecule has 0 heterocycles. The lowest BCUT2D eigenvalue weighted by Crippen LogP contribution is -2.54. The van der Waals surface area contributed by atoms with E-state index in [0.717, 1.165) is 0 Å². The molecule has 0 spiro atoms. The summed E-state index contributed by atoms with van der Waals surface area (Å²) in [4.78, 5) is 35.4. The Hall–Kier alpha value is -1.36. The molecule has 0 unspecified atom stereocenters. The molecule has 9 nitrogen and oxygen atoms in total. The van der Waals surface area contributed by atoms with Gasteiger partial charge in [-0.15, -0.1) is 0 Å². The first-order valence-electron chi connectivity index (χ1n) is 7.97. The van der Waals surface area contributed by atoms with Gasteiger partial charge >= 0.3 is 5.97 Å². The number of carboxylic acid groups (broad SMARTS) is 1. The number of aliphatic carboxylic acids is 1. The largest absolute Gasteiger partial charge is 0.480 e. The number of carbonyl (C=O) groups is 3. The second-order valence-electron chi connectivity index (χ2n) is 5.47. The molecule has 3 atom stereocenters. The van der Waals surface area contributed by atoms with Gasteiger partial charge in [0.2, 0.25) is 11.8 Å². The highest BCUT2D eigenvalue weighted by molar-refractivity contribution is 7.80. The average Bonchev–Trinajstić information content (AvgIpc) is 2.56. The van der Waals surface area contributed by atoms with Gasteiger partial charge in [-0.1, -0.05) is 0 Å². The summed E-state index contributed by atoms with van der Waals surface area (Å²) < 4.78 is 0. The summed E-state index contributed by atoms with van der Waals surface area (Å²) in [6.07, 6.45) is 2.32. The Labute approximate surface area is 147 Å². The molecule has 10 heteroatoms. The maximum absolute atomic E-state index is 12.3. The van der Waals surface area contributed by atoms with Crippen molar-refractivity contribution in [1.29, 1.82) is 0 Å². The number of unbranched alkanes of at least 4 members (excludes halogenated alkanes) is 1. The van der Waals surface area contributed by atoms with Crippen LogP contribution < -0.4 is 27.8 Å². The maximum Gasteiger partial charge on any atom is 0.326 e. The molecular weight excluding hydrogens is 334 g/mol. The molecule has 0 saturated heterocycles. The van der Waals surface area contributed by atoms with Crippen LogP contribution in [0.5, 0.6) is 0 Å². The molecule has 0 saturated carbocycles. The topological polar surface area (TPSA) is 174 Å². The molecule has 0 radical (unpaired) electrons. The van der Waals surface area contributed by atoms with Gasteiger partial charge in [0.05, 0.1) is 6.04 Å². The van der Waals surface area contributed by atoms with Crippen LogP contribution in [0.1, 0.15) is 32.1 Å². The second kappa shape index (κ2) is 13.0. The lowest BCUT2D eigenvalue weighted by atomic mass is 10.1. The summed E-state index contributed by atoms with van der Waals surface area (Å²) in [5.74, 6) is -2.08. The molecule has 0 aliphatic heterocycles. The molecule has 24 heavy (non-hydrogen) atoms. The first kappa shape index (κ1) is 22.6. The fourth-order valence-electron chi connectivity index (χ4n) is 1.97. The van der Waals surface area contributed by atoms with Crippen molar-refractivity contribution in [2.75, 3.05) is 18.8 Å². The number of hydrogen-bond donors (Lipinski definition) is 7. The van der Waals surface area contributed by atoms with Crippen LogP contribution in [0.3, 0.4) is 0 Å². The Bertz CT molecular complexity index is 411. The third-order valence-electron chi connectivity index (χ3n) is 3.42. The number of carbonyl (C=O) groups excluding carboxylic acids is 2. The number of carboxylic acids is 1. The summed E-state index contributed by atoms with van der Waals surface area (Å²) in [6, 6.07) is -2.76. The zero-order valence-corrected chi connectivity index (χ0v) is 14.6. The van der Waals surface area contributed by atoms with Gasteiger partial charge in [0.15, 0.2) is 0 Å². The Morgan fingerprint density at radius 1 is 0.917 bits per heavy atom. The number of nitrogens with one attached hydrogen (secondary N) is 2. The maximum atomic E-state index is 12.3. The summed E-state index contributed by atoms with van der Waals surface area (Å²) in [7, 11) is 0.